The van der Waals surface area contributed by atoms with Crippen molar-refractivity contribution in [1.29, 1.82) is 0 Å². The Bertz CT molecular complexity index is 369. The van der Waals surface area contributed by atoms with Crippen molar-refractivity contribution in [3.63, 3.8) is 0 Å². The van der Waals surface area contributed by atoms with E-state index in [0.29, 0.717) is 6.42 Å². The molecule has 7 nitrogen and oxygen atoms in total. The van der Waals surface area contributed by atoms with Crippen molar-refractivity contribution in [3.05, 3.63) is 0 Å². The van der Waals surface area contributed by atoms with Crippen LogP contribution in [0.2, 0.25) is 0 Å². The number of carbonyl (C=O) groups excluding carboxylic acids is 2. The van der Waals surface area contributed by atoms with Crippen molar-refractivity contribution in [2.45, 2.75) is 30.8 Å². The van der Waals surface area contributed by atoms with Crippen LogP contribution in [0, 0.1) is 11.8 Å². The number of carboxylic acid groups (broad SMARTS) is 1. The lowest BCUT2D eigenvalue weighted by atomic mass is 9.73. The summed E-state index contributed by atoms with van der Waals surface area (Å²) in [6.07, 6.45) is -2.33. The molecule has 19 heavy (non-hydrogen) atoms. The Morgan fingerprint density at radius 1 is 1.21 bits per heavy atom. The highest BCUT2D eigenvalue weighted by molar-refractivity contribution is 5.83. The molecule has 0 unspecified atom stereocenters. The van der Waals surface area contributed by atoms with Crippen molar-refractivity contribution in [2.24, 2.45) is 11.8 Å². The van der Waals surface area contributed by atoms with Crippen molar-refractivity contribution >= 4 is 11.9 Å². The molecule has 1 saturated heterocycles. The number of methoxy groups -OCH3 is 3. The molecular weight excluding hydrogens is 256 g/mol. The Kier molecular flexibility index (Phi) is 4.07. The summed E-state index contributed by atoms with van der Waals surface area (Å²) in [7, 11) is 4.45. The van der Waals surface area contributed by atoms with E-state index in [1.54, 1.807) is 0 Å². The van der Waals surface area contributed by atoms with E-state index in [4.69, 9.17) is 18.9 Å². The van der Waals surface area contributed by atoms with Gasteiger partial charge in [0.2, 0.25) is 0 Å². The Morgan fingerprint density at radius 3 is 2.32 bits per heavy atom. The molecule has 2 rings (SSSR count). The number of hydrogen-bond donors (Lipinski definition) is 0. The molecule has 0 N–H and O–H groups in total. The number of fused-ring (bicyclic) bond motifs is 1. The predicted molar refractivity (Wildman–Crippen MR) is 58.9 cm³/mol. The Hall–Kier alpha value is -1.18. The first-order valence-corrected chi connectivity index (χ1v) is 6.04. The van der Waals surface area contributed by atoms with Gasteiger partial charge in [-0.2, -0.15) is 0 Å². The first kappa shape index (κ1) is 14.2. The summed E-state index contributed by atoms with van der Waals surface area (Å²) < 4.78 is 20.9. The molecule has 2 fully saturated rings. The van der Waals surface area contributed by atoms with Gasteiger partial charge in [-0.3, -0.25) is 4.79 Å². The number of esters is 1. The molecule has 7 heteroatoms. The summed E-state index contributed by atoms with van der Waals surface area (Å²) >= 11 is 0. The van der Waals surface area contributed by atoms with Gasteiger partial charge in [0, 0.05) is 27.2 Å². The molecule has 0 bridgehead atoms. The average molecular weight is 273 g/mol. The van der Waals surface area contributed by atoms with Crippen molar-refractivity contribution < 1.29 is 33.6 Å². The Labute approximate surface area is 110 Å². The van der Waals surface area contributed by atoms with Crippen LogP contribution in [-0.4, -0.2) is 57.7 Å². The quantitative estimate of drug-likeness (QED) is 0.566. The minimum Gasteiger partial charge on any atom is -0.546 e. The van der Waals surface area contributed by atoms with Crippen LogP contribution in [0.25, 0.3) is 0 Å². The molecule has 0 radical (unpaired) electrons. The first-order chi connectivity index (χ1) is 9.04. The first-order valence-electron chi connectivity index (χ1n) is 6.04. The minimum atomic E-state index is -1.41. The third-order valence-corrected chi connectivity index (χ3v) is 4.00. The number of aliphatic carboxylic acids is 1. The standard InChI is InChI=1S/C12H18O7/c1-16-6-4-5-7(9(18-3)8(6)17-2)10(11(13)14)19-12(5)15/h5-10H,4H2,1-3H3,(H,13,14)/p-1/t5-,6+,7-,8+,9-,10+/m0/s1. The van der Waals surface area contributed by atoms with Gasteiger partial charge < -0.3 is 28.8 Å². The maximum atomic E-state index is 11.8. The number of hydrogen-bond acceptors (Lipinski definition) is 7. The maximum Gasteiger partial charge on any atom is 0.310 e. The van der Waals surface area contributed by atoms with Gasteiger partial charge in [-0.15, -0.1) is 0 Å². The van der Waals surface area contributed by atoms with E-state index in [-0.39, 0.29) is 6.10 Å². The number of carbonyl (C=O) groups is 2. The van der Waals surface area contributed by atoms with Crippen LogP contribution in [0.1, 0.15) is 6.42 Å². The monoisotopic (exact) mass is 273 g/mol. The van der Waals surface area contributed by atoms with Crippen LogP contribution in [0.5, 0.6) is 0 Å². The molecule has 0 aromatic carbocycles. The molecule has 0 spiro atoms. The molecular formula is C12H17O7-. The SMILES string of the molecule is CO[C@@H]1[C@H](OC)[C@H](OC)C[C@@H]2C(=O)O[C@@H](C(=O)[O-])[C@H]12. The maximum absolute atomic E-state index is 11.8. The highest BCUT2D eigenvalue weighted by atomic mass is 16.6. The van der Waals surface area contributed by atoms with Gasteiger partial charge in [0.25, 0.3) is 0 Å². The lowest BCUT2D eigenvalue weighted by molar-refractivity contribution is -0.318. The lowest BCUT2D eigenvalue weighted by Gasteiger charge is -2.42. The van der Waals surface area contributed by atoms with Crippen LogP contribution in [0.3, 0.4) is 0 Å². The smallest absolute Gasteiger partial charge is 0.310 e. The topological polar surface area (TPSA) is 94.1 Å². The molecule has 6 atom stereocenters. The third-order valence-electron chi connectivity index (χ3n) is 4.00. The van der Waals surface area contributed by atoms with Crippen LogP contribution in [-0.2, 0) is 28.5 Å². The largest absolute Gasteiger partial charge is 0.546 e. The van der Waals surface area contributed by atoms with Crippen molar-refractivity contribution in [2.75, 3.05) is 21.3 Å². The highest BCUT2D eigenvalue weighted by Crippen LogP contribution is 2.42. The molecule has 0 amide bonds. The van der Waals surface area contributed by atoms with Gasteiger partial charge >= 0.3 is 5.97 Å². The minimum absolute atomic E-state index is 0.343. The summed E-state index contributed by atoms with van der Waals surface area (Å²) in [6, 6.07) is 0. The van der Waals surface area contributed by atoms with Crippen LogP contribution >= 0.6 is 0 Å². The van der Waals surface area contributed by atoms with E-state index in [2.05, 4.69) is 0 Å². The predicted octanol–water partition coefficient (Wildman–Crippen LogP) is -1.66. The molecule has 1 saturated carbocycles. The Balaban J connectivity index is 2.33. The van der Waals surface area contributed by atoms with Gasteiger partial charge in [-0.1, -0.05) is 0 Å². The molecule has 1 aliphatic carbocycles. The molecule has 1 aliphatic heterocycles. The highest BCUT2D eigenvalue weighted by Gasteiger charge is 2.57. The van der Waals surface area contributed by atoms with Gasteiger partial charge in [0.1, 0.15) is 12.2 Å². The number of carboxylic acids is 1. The van der Waals surface area contributed by atoms with E-state index >= 15 is 0 Å². The van der Waals surface area contributed by atoms with E-state index in [1.807, 2.05) is 0 Å². The van der Waals surface area contributed by atoms with Crippen molar-refractivity contribution in [1.82, 2.24) is 0 Å². The van der Waals surface area contributed by atoms with Crippen LogP contribution in [0.4, 0.5) is 0 Å². The fourth-order valence-corrected chi connectivity index (χ4v) is 3.14. The molecule has 2 aliphatic rings. The summed E-state index contributed by atoms with van der Waals surface area (Å²) in [5.41, 5.74) is 0. The fraction of sp³-hybridized carbons (Fsp3) is 0.833. The van der Waals surface area contributed by atoms with E-state index in [1.165, 1.54) is 21.3 Å². The van der Waals surface area contributed by atoms with E-state index in [0.717, 1.165) is 0 Å². The van der Waals surface area contributed by atoms with Gasteiger partial charge in [0.15, 0.2) is 0 Å². The third kappa shape index (κ3) is 2.22. The summed E-state index contributed by atoms with van der Waals surface area (Å²) in [6.45, 7) is 0. The second-order valence-corrected chi connectivity index (χ2v) is 4.77. The number of cyclic esters (lactones) is 1. The zero-order valence-corrected chi connectivity index (χ0v) is 11.0. The van der Waals surface area contributed by atoms with Gasteiger partial charge in [0.05, 0.1) is 24.1 Å². The van der Waals surface area contributed by atoms with E-state index in [9.17, 15) is 14.7 Å². The lowest BCUT2D eigenvalue weighted by Crippen LogP contribution is -2.56. The van der Waals surface area contributed by atoms with Crippen LogP contribution < -0.4 is 5.11 Å². The zero-order valence-electron chi connectivity index (χ0n) is 11.0. The second-order valence-electron chi connectivity index (χ2n) is 4.77. The normalized spacial score (nSPS) is 41.7. The molecule has 1 heterocycles. The molecule has 108 valence electrons. The second kappa shape index (κ2) is 5.44. The molecule has 0 aromatic rings. The fourth-order valence-electron chi connectivity index (χ4n) is 3.14. The van der Waals surface area contributed by atoms with Crippen molar-refractivity contribution in [3.8, 4) is 0 Å². The zero-order chi connectivity index (χ0) is 14.2. The van der Waals surface area contributed by atoms with Gasteiger partial charge in [-0.25, -0.2) is 0 Å². The Morgan fingerprint density at radius 2 is 1.84 bits per heavy atom. The van der Waals surface area contributed by atoms with E-state index < -0.39 is 42.1 Å². The van der Waals surface area contributed by atoms with Gasteiger partial charge in [-0.05, 0) is 6.42 Å². The summed E-state index contributed by atoms with van der Waals surface area (Å²) in [5.74, 6) is -3.13. The summed E-state index contributed by atoms with van der Waals surface area (Å²) in [5, 5.41) is 11.1. The average Bonchev–Trinajstić information content (AvgIpc) is 2.73. The summed E-state index contributed by atoms with van der Waals surface area (Å²) in [4.78, 5) is 22.9. The van der Waals surface area contributed by atoms with Crippen LogP contribution in [0.15, 0.2) is 0 Å². The number of ether oxygens (including phenoxy) is 4. The number of rotatable bonds is 4. The molecule has 0 aromatic heterocycles.